The molecular formula is C33H33NO5. The average Bonchev–Trinajstić information content (AvgIpc) is 2.96. The fraction of sp³-hybridized carbons (Fsp3) is 0.273. The lowest BCUT2D eigenvalue weighted by molar-refractivity contribution is -0.140. The van der Waals surface area contributed by atoms with Crippen molar-refractivity contribution in [2.45, 2.75) is 38.5 Å². The maximum atomic E-state index is 13.8. The first kappa shape index (κ1) is 26.3. The summed E-state index contributed by atoms with van der Waals surface area (Å²) in [5.41, 5.74) is 4.50. The second-order valence-corrected chi connectivity index (χ2v) is 9.70. The monoisotopic (exact) mass is 523 g/mol. The zero-order chi connectivity index (χ0) is 27.2. The van der Waals surface area contributed by atoms with E-state index in [1.165, 1.54) is 0 Å². The number of allylic oxidation sites excluding steroid dienone is 3. The molecule has 0 unspecified atom stereocenters. The van der Waals surface area contributed by atoms with E-state index in [9.17, 15) is 9.59 Å². The van der Waals surface area contributed by atoms with Crippen LogP contribution in [0, 0.1) is 0 Å². The SMILES string of the molecule is CCOc1ccccc1[C@H]1C(C(=O)OCCOc2ccccc2)=C(C)NC2=C1C(=O)C[C@H](c1ccccc1)C2. The molecule has 3 aromatic carbocycles. The van der Waals surface area contributed by atoms with Crippen molar-refractivity contribution < 1.29 is 23.8 Å². The van der Waals surface area contributed by atoms with Gasteiger partial charge < -0.3 is 19.5 Å². The van der Waals surface area contributed by atoms with Gasteiger partial charge in [0.05, 0.1) is 18.1 Å². The molecule has 0 bridgehead atoms. The summed E-state index contributed by atoms with van der Waals surface area (Å²) in [6.45, 7) is 4.57. The summed E-state index contributed by atoms with van der Waals surface area (Å²) in [6, 6.07) is 27.1. The lowest BCUT2D eigenvalue weighted by Crippen LogP contribution is -2.36. The first-order valence-electron chi connectivity index (χ1n) is 13.4. The number of ketones is 1. The summed E-state index contributed by atoms with van der Waals surface area (Å²) >= 11 is 0. The van der Waals surface area contributed by atoms with Crippen LogP contribution in [0.2, 0.25) is 0 Å². The number of Topliss-reactive ketones (excluding diaryl/α,β-unsaturated/α-hetero) is 1. The summed E-state index contributed by atoms with van der Waals surface area (Å²) in [5.74, 6) is 0.404. The van der Waals surface area contributed by atoms with Crippen molar-refractivity contribution >= 4 is 11.8 Å². The first-order chi connectivity index (χ1) is 19.1. The van der Waals surface area contributed by atoms with Gasteiger partial charge in [0.2, 0.25) is 0 Å². The topological polar surface area (TPSA) is 73.9 Å². The number of nitrogens with one attached hydrogen (secondary N) is 1. The second-order valence-electron chi connectivity index (χ2n) is 9.70. The van der Waals surface area contributed by atoms with Crippen LogP contribution < -0.4 is 14.8 Å². The number of hydrogen-bond acceptors (Lipinski definition) is 6. The maximum Gasteiger partial charge on any atom is 0.336 e. The average molecular weight is 524 g/mol. The molecule has 0 saturated heterocycles. The Morgan fingerprint density at radius 3 is 2.31 bits per heavy atom. The number of esters is 1. The van der Waals surface area contributed by atoms with Crippen LogP contribution in [0.15, 0.2) is 107 Å². The van der Waals surface area contributed by atoms with E-state index in [0.29, 0.717) is 47.8 Å². The molecule has 5 rings (SSSR count). The minimum atomic E-state index is -0.587. The fourth-order valence-electron chi connectivity index (χ4n) is 5.48. The van der Waals surface area contributed by atoms with E-state index in [0.717, 1.165) is 16.8 Å². The Kier molecular flexibility index (Phi) is 8.11. The highest BCUT2D eigenvalue weighted by Crippen LogP contribution is 2.47. The van der Waals surface area contributed by atoms with Gasteiger partial charge in [-0.1, -0.05) is 66.7 Å². The molecule has 0 fully saturated rings. The molecule has 1 N–H and O–H groups in total. The van der Waals surface area contributed by atoms with Crippen LogP contribution in [0.1, 0.15) is 49.7 Å². The Labute approximate surface area is 229 Å². The Morgan fingerprint density at radius 2 is 1.56 bits per heavy atom. The summed E-state index contributed by atoms with van der Waals surface area (Å²) in [7, 11) is 0. The molecule has 0 aromatic heterocycles. The van der Waals surface area contributed by atoms with Crippen LogP contribution in [-0.2, 0) is 14.3 Å². The quantitative estimate of drug-likeness (QED) is 0.271. The van der Waals surface area contributed by atoms with Crippen LogP contribution in [-0.4, -0.2) is 31.6 Å². The smallest absolute Gasteiger partial charge is 0.336 e. The highest BCUT2D eigenvalue weighted by molar-refractivity contribution is 6.04. The van der Waals surface area contributed by atoms with E-state index in [1.807, 2.05) is 86.6 Å². The summed E-state index contributed by atoms with van der Waals surface area (Å²) < 4.78 is 17.3. The van der Waals surface area contributed by atoms with E-state index in [-0.39, 0.29) is 24.9 Å². The summed E-state index contributed by atoms with van der Waals surface area (Å²) in [4.78, 5) is 27.4. The number of carbonyl (C=O) groups is 2. The highest BCUT2D eigenvalue weighted by atomic mass is 16.6. The van der Waals surface area contributed by atoms with Crippen LogP contribution in [0.25, 0.3) is 0 Å². The number of para-hydroxylation sites is 2. The number of hydrogen-bond donors (Lipinski definition) is 1. The van der Waals surface area contributed by atoms with E-state index in [2.05, 4.69) is 17.4 Å². The third-order valence-electron chi connectivity index (χ3n) is 7.18. The second kappa shape index (κ2) is 12.0. The third-order valence-corrected chi connectivity index (χ3v) is 7.18. The molecule has 6 nitrogen and oxygen atoms in total. The largest absolute Gasteiger partial charge is 0.494 e. The number of ether oxygens (including phenoxy) is 3. The van der Waals surface area contributed by atoms with Gasteiger partial charge in [-0.05, 0) is 49.9 Å². The highest BCUT2D eigenvalue weighted by Gasteiger charge is 2.42. The van der Waals surface area contributed by atoms with Crippen molar-refractivity contribution in [3.05, 3.63) is 119 Å². The summed E-state index contributed by atoms with van der Waals surface area (Å²) in [6.07, 6.45) is 1.06. The van der Waals surface area contributed by atoms with Crippen LogP contribution in [0.4, 0.5) is 0 Å². The minimum absolute atomic E-state index is 0.0270. The molecule has 2 aliphatic rings. The Morgan fingerprint density at radius 1 is 0.872 bits per heavy atom. The van der Waals surface area contributed by atoms with E-state index in [4.69, 9.17) is 14.2 Å². The molecule has 39 heavy (non-hydrogen) atoms. The molecule has 1 aliphatic carbocycles. The maximum absolute atomic E-state index is 13.8. The molecule has 200 valence electrons. The zero-order valence-corrected chi connectivity index (χ0v) is 22.3. The number of carbonyl (C=O) groups excluding carboxylic acids is 2. The molecule has 0 amide bonds. The predicted octanol–water partition coefficient (Wildman–Crippen LogP) is 6.07. The fourth-order valence-corrected chi connectivity index (χ4v) is 5.48. The van der Waals surface area contributed by atoms with Gasteiger partial charge in [-0.25, -0.2) is 4.79 Å². The molecule has 1 heterocycles. The number of rotatable bonds is 9. The molecule has 2 atom stereocenters. The molecule has 1 aliphatic heterocycles. The van der Waals surface area contributed by atoms with Crippen LogP contribution in [0.3, 0.4) is 0 Å². The molecule has 0 spiro atoms. The third kappa shape index (κ3) is 5.75. The Bertz CT molecular complexity index is 1390. The molecule has 6 heteroatoms. The number of dihydropyridines is 1. The van der Waals surface area contributed by atoms with Crippen molar-refractivity contribution in [2.75, 3.05) is 19.8 Å². The van der Waals surface area contributed by atoms with Crippen molar-refractivity contribution in [2.24, 2.45) is 0 Å². The van der Waals surface area contributed by atoms with Crippen molar-refractivity contribution in [3.63, 3.8) is 0 Å². The van der Waals surface area contributed by atoms with Gasteiger partial charge in [-0.15, -0.1) is 0 Å². The van der Waals surface area contributed by atoms with Crippen molar-refractivity contribution in [1.82, 2.24) is 5.32 Å². The van der Waals surface area contributed by atoms with Gasteiger partial charge in [0, 0.05) is 29.0 Å². The van der Waals surface area contributed by atoms with E-state index < -0.39 is 11.9 Å². The van der Waals surface area contributed by atoms with Gasteiger partial charge in [0.15, 0.2) is 5.78 Å². The molecule has 0 radical (unpaired) electrons. The predicted molar refractivity (Wildman–Crippen MR) is 150 cm³/mol. The lowest BCUT2D eigenvalue weighted by Gasteiger charge is -2.37. The van der Waals surface area contributed by atoms with E-state index in [1.54, 1.807) is 0 Å². The Hall–Kier alpha value is -4.32. The lowest BCUT2D eigenvalue weighted by atomic mass is 9.71. The molecule has 0 saturated carbocycles. The van der Waals surface area contributed by atoms with Crippen LogP contribution in [0.5, 0.6) is 11.5 Å². The van der Waals surface area contributed by atoms with Crippen molar-refractivity contribution in [3.8, 4) is 11.5 Å². The van der Waals surface area contributed by atoms with Gasteiger partial charge in [-0.3, -0.25) is 4.79 Å². The zero-order valence-electron chi connectivity index (χ0n) is 22.3. The molecule has 3 aromatic rings. The van der Waals surface area contributed by atoms with Gasteiger partial charge in [0.1, 0.15) is 24.7 Å². The van der Waals surface area contributed by atoms with Crippen LogP contribution >= 0.6 is 0 Å². The summed E-state index contributed by atoms with van der Waals surface area (Å²) in [5, 5.41) is 3.41. The molecular weight excluding hydrogens is 490 g/mol. The number of benzene rings is 3. The van der Waals surface area contributed by atoms with Crippen molar-refractivity contribution in [1.29, 1.82) is 0 Å². The van der Waals surface area contributed by atoms with Gasteiger partial charge in [-0.2, -0.15) is 0 Å². The van der Waals surface area contributed by atoms with Gasteiger partial charge >= 0.3 is 5.97 Å². The minimum Gasteiger partial charge on any atom is -0.494 e. The standard InChI is InChI=1S/C33H33NO5/c1-3-37-29-17-11-10-16-26(29)31-30(33(36)39-19-18-38-25-14-8-5-9-15-25)22(2)34-27-20-24(21-28(35)32(27)31)23-12-6-4-7-13-23/h4-17,24,31,34H,3,18-21H2,1-2H3/t24-,31+/m1/s1. The first-order valence-corrected chi connectivity index (χ1v) is 13.4. The van der Waals surface area contributed by atoms with E-state index >= 15 is 0 Å². The van der Waals surface area contributed by atoms with Gasteiger partial charge in [0.25, 0.3) is 0 Å². The normalized spacial score (nSPS) is 18.8. The Balaban J connectivity index is 1.45.